The lowest BCUT2D eigenvalue weighted by atomic mass is 10.3. The average molecular weight is 260 g/mol. The minimum Gasteiger partial charge on any atom is -0.491 e. The van der Waals surface area contributed by atoms with Crippen LogP contribution < -0.4 is 4.74 Å². The van der Waals surface area contributed by atoms with Crippen LogP contribution in [0.3, 0.4) is 0 Å². The molecule has 1 unspecified atom stereocenters. The second-order valence-corrected chi connectivity index (χ2v) is 3.89. The SMILES string of the molecule is C=C/C(=C\C=C/C)OCC(O)COc1ccccc1. The van der Waals surface area contributed by atoms with Gasteiger partial charge in [-0.05, 0) is 31.2 Å². The Bertz CT molecular complexity index is 421. The van der Waals surface area contributed by atoms with Gasteiger partial charge in [-0.1, -0.05) is 36.9 Å². The van der Waals surface area contributed by atoms with Crippen molar-refractivity contribution in [2.24, 2.45) is 0 Å². The molecule has 3 nitrogen and oxygen atoms in total. The van der Waals surface area contributed by atoms with E-state index in [-0.39, 0.29) is 13.2 Å². The standard InChI is InChI=1S/C16H20O3/c1-3-5-9-15(4-2)18-12-14(17)13-19-16-10-7-6-8-11-16/h3-11,14,17H,2,12-13H2,1H3/b5-3-,15-9+. The molecule has 0 fully saturated rings. The molecule has 1 atom stereocenters. The molecule has 3 heteroatoms. The van der Waals surface area contributed by atoms with Gasteiger partial charge < -0.3 is 14.6 Å². The van der Waals surface area contributed by atoms with Crippen LogP contribution in [-0.2, 0) is 4.74 Å². The highest BCUT2D eigenvalue weighted by atomic mass is 16.5. The molecule has 0 saturated heterocycles. The van der Waals surface area contributed by atoms with Gasteiger partial charge in [0.2, 0.25) is 0 Å². The summed E-state index contributed by atoms with van der Waals surface area (Å²) in [6.07, 6.45) is 6.45. The maximum atomic E-state index is 9.75. The summed E-state index contributed by atoms with van der Waals surface area (Å²) in [5.41, 5.74) is 0. The first-order valence-electron chi connectivity index (χ1n) is 6.20. The fourth-order valence-electron chi connectivity index (χ4n) is 1.32. The molecule has 102 valence electrons. The van der Waals surface area contributed by atoms with Crippen LogP contribution in [0.2, 0.25) is 0 Å². The zero-order valence-electron chi connectivity index (χ0n) is 11.2. The highest BCUT2D eigenvalue weighted by molar-refractivity contribution is 5.21. The van der Waals surface area contributed by atoms with Gasteiger partial charge in [-0.2, -0.15) is 0 Å². The predicted octanol–water partition coefficient (Wildman–Crippen LogP) is 3.09. The molecule has 0 amide bonds. The zero-order valence-corrected chi connectivity index (χ0v) is 11.2. The van der Waals surface area contributed by atoms with Crippen LogP contribution in [0.15, 0.2) is 67.0 Å². The van der Waals surface area contributed by atoms with Crippen LogP contribution in [0.4, 0.5) is 0 Å². The minimum absolute atomic E-state index is 0.169. The Kier molecular flexibility index (Phi) is 7.13. The van der Waals surface area contributed by atoms with Crippen LogP contribution in [-0.4, -0.2) is 24.4 Å². The fraction of sp³-hybridized carbons (Fsp3) is 0.250. The lowest BCUT2D eigenvalue weighted by Crippen LogP contribution is -2.23. The van der Waals surface area contributed by atoms with E-state index >= 15 is 0 Å². The lowest BCUT2D eigenvalue weighted by molar-refractivity contribution is 0.0406. The van der Waals surface area contributed by atoms with Crippen LogP contribution in [0.25, 0.3) is 0 Å². The molecule has 1 N–H and O–H groups in total. The Morgan fingerprint density at radius 1 is 1.32 bits per heavy atom. The number of aliphatic hydroxyl groups is 1. The third-order valence-corrected chi connectivity index (χ3v) is 2.28. The van der Waals surface area contributed by atoms with Gasteiger partial charge in [-0.3, -0.25) is 0 Å². The third kappa shape index (κ3) is 6.48. The molecule has 0 aromatic heterocycles. The van der Waals surface area contributed by atoms with Gasteiger partial charge in [0.05, 0.1) is 0 Å². The summed E-state index contributed by atoms with van der Waals surface area (Å²) >= 11 is 0. The number of hydrogen-bond donors (Lipinski definition) is 1. The molecule has 1 rings (SSSR count). The van der Waals surface area contributed by atoms with Crippen molar-refractivity contribution in [2.75, 3.05) is 13.2 Å². The van der Waals surface area contributed by atoms with Crippen molar-refractivity contribution in [2.45, 2.75) is 13.0 Å². The van der Waals surface area contributed by atoms with Crippen molar-refractivity contribution in [1.29, 1.82) is 0 Å². The smallest absolute Gasteiger partial charge is 0.122 e. The van der Waals surface area contributed by atoms with Crippen molar-refractivity contribution >= 4 is 0 Å². The number of benzene rings is 1. The molecular formula is C16H20O3. The van der Waals surface area contributed by atoms with Gasteiger partial charge in [-0.25, -0.2) is 0 Å². The lowest BCUT2D eigenvalue weighted by Gasteiger charge is -2.13. The Balaban J connectivity index is 2.31. The van der Waals surface area contributed by atoms with Crippen molar-refractivity contribution in [3.05, 3.63) is 67.0 Å². The molecule has 0 saturated carbocycles. The van der Waals surface area contributed by atoms with Gasteiger partial charge in [0, 0.05) is 0 Å². The molecule has 0 heterocycles. The summed E-state index contributed by atoms with van der Waals surface area (Å²) in [7, 11) is 0. The quantitative estimate of drug-likeness (QED) is 0.576. The summed E-state index contributed by atoms with van der Waals surface area (Å²) in [4.78, 5) is 0. The van der Waals surface area contributed by atoms with Crippen LogP contribution >= 0.6 is 0 Å². The summed E-state index contributed by atoms with van der Waals surface area (Å²) in [6.45, 7) is 5.92. The number of aliphatic hydroxyl groups excluding tert-OH is 1. The largest absolute Gasteiger partial charge is 0.491 e. The molecule has 0 spiro atoms. The van der Waals surface area contributed by atoms with Gasteiger partial charge in [0.1, 0.15) is 30.8 Å². The normalized spacial score (nSPS) is 13.3. The van der Waals surface area contributed by atoms with E-state index in [0.29, 0.717) is 5.76 Å². The average Bonchev–Trinajstić information content (AvgIpc) is 2.46. The summed E-state index contributed by atoms with van der Waals surface area (Å²) in [5.74, 6) is 1.35. The highest BCUT2D eigenvalue weighted by Gasteiger charge is 2.06. The van der Waals surface area contributed by atoms with E-state index in [2.05, 4.69) is 6.58 Å². The maximum absolute atomic E-state index is 9.75. The van der Waals surface area contributed by atoms with E-state index in [9.17, 15) is 5.11 Å². The Labute approximate surface area is 114 Å². The van der Waals surface area contributed by atoms with Crippen LogP contribution in [0.5, 0.6) is 5.75 Å². The van der Waals surface area contributed by atoms with Crippen LogP contribution in [0.1, 0.15) is 6.92 Å². The van der Waals surface area contributed by atoms with Crippen molar-refractivity contribution in [3.8, 4) is 5.75 Å². The molecule has 1 aromatic carbocycles. The first-order valence-corrected chi connectivity index (χ1v) is 6.20. The Morgan fingerprint density at radius 2 is 2.05 bits per heavy atom. The monoisotopic (exact) mass is 260 g/mol. The molecule has 0 bridgehead atoms. The summed E-state index contributed by atoms with van der Waals surface area (Å²) < 4.78 is 10.8. The number of rotatable bonds is 8. The minimum atomic E-state index is -0.686. The van der Waals surface area contributed by atoms with E-state index in [4.69, 9.17) is 9.47 Å². The zero-order chi connectivity index (χ0) is 13.9. The van der Waals surface area contributed by atoms with Crippen molar-refractivity contribution < 1.29 is 14.6 Å². The number of allylic oxidation sites excluding steroid dienone is 4. The number of ether oxygens (including phenoxy) is 2. The molecule has 0 radical (unpaired) electrons. The topological polar surface area (TPSA) is 38.7 Å². The second kappa shape index (κ2) is 9.00. The van der Waals surface area contributed by atoms with E-state index < -0.39 is 6.10 Å². The molecule has 0 aliphatic carbocycles. The third-order valence-electron chi connectivity index (χ3n) is 2.28. The summed E-state index contributed by atoms with van der Waals surface area (Å²) in [5, 5.41) is 9.75. The molecule has 0 aliphatic rings. The van der Waals surface area contributed by atoms with Crippen LogP contribution in [0, 0.1) is 0 Å². The van der Waals surface area contributed by atoms with E-state index in [1.165, 1.54) is 0 Å². The first kappa shape index (κ1) is 15.1. The van der Waals surface area contributed by atoms with Crippen molar-refractivity contribution in [1.82, 2.24) is 0 Å². The van der Waals surface area contributed by atoms with E-state index in [0.717, 1.165) is 5.75 Å². The first-order chi connectivity index (χ1) is 9.26. The van der Waals surface area contributed by atoms with Crippen molar-refractivity contribution in [3.63, 3.8) is 0 Å². The second-order valence-electron chi connectivity index (χ2n) is 3.89. The molecule has 0 aliphatic heterocycles. The Morgan fingerprint density at radius 3 is 2.68 bits per heavy atom. The maximum Gasteiger partial charge on any atom is 0.122 e. The number of para-hydroxylation sites is 1. The molecule has 19 heavy (non-hydrogen) atoms. The number of hydrogen-bond acceptors (Lipinski definition) is 3. The van der Waals surface area contributed by atoms with Gasteiger partial charge in [-0.15, -0.1) is 0 Å². The fourth-order valence-corrected chi connectivity index (χ4v) is 1.32. The van der Waals surface area contributed by atoms with Gasteiger partial charge in [0.25, 0.3) is 0 Å². The Hall–Kier alpha value is -2.00. The predicted molar refractivity (Wildman–Crippen MR) is 77.0 cm³/mol. The van der Waals surface area contributed by atoms with E-state index in [1.807, 2.05) is 49.4 Å². The van der Waals surface area contributed by atoms with Gasteiger partial charge in [0.15, 0.2) is 0 Å². The van der Waals surface area contributed by atoms with E-state index in [1.54, 1.807) is 12.2 Å². The van der Waals surface area contributed by atoms with Gasteiger partial charge >= 0.3 is 0 Å². The molecular weight excluding hydrogens is 240 g/mol. The molecule has 1 aromatic rings. The summed E-state index contributed by atoms with van der Waals surface area (Å²) in [6, 6.07) is 9.36. The highest BCUT2D eigenvalue weighted by Crippen LogP contribution is 2.09.